The van der Waals surface area contributed by atoms with Gasteiger partial charge in [-0.3, -0.25) is 14.5 Å². The number of carboxylic acid groups (broad SMARTS) is 1. The first-order chi connectivity index (χ1) is 10.4. The highest BCUT2D eigenvalue weighted by Gasteiger charge is 2.49. The summed E-state index contributed by atoms with van der Waals surface area (Å²) in [5.74, 6) is -2.47. The van der Waals surface area contributed by atoms with Gasteiger partial charge in [-0.15, -0.1) is 0 Å². The van der Waals surface area contributed by atoms with Crippen molar-refractivity contribution in [2.75, 3.05) is 4.90 Å². The van der Waals surface area contributed by atoms with Crippen LogP contribution in [-0.4, -0.2) is 17.8 Å². The van der Waals surface area contributed by atoms with E-state index in [1.54, 1.807) is 6.07 Å². The lowest BCUT2D eigenvalue weighted by molar-refractivity contribution is -0.255. The Labute approximate surface area is 128 Å². The molecule has 2 aliphatic rings. The van der Waals surface area contributed by atoms with Gasteiger partial charge in [-0.05, 0) is 44.4 Å². The average molecular weight is 298 g/mol. The zero-order valence-corrected chi connectivity index (χ0v) is 12.5. The number of carbonyl (C=O) groups is 3. The molecule has 1 aromatic rings. The average Bonchev–Trinajstić information content (AvgIpc) is 2.71. The van der Waals surface area contributed by atoms with Crippen molar-refractivity contribution >= 4 is 23.5 Å². The number of aromatic carboxylic acids is 1. The third-order valence-electron chi connectivity index (χ3n) is 4.68. The van der Waals surface area contributed by atoms with Gasteiger partial charge in [0.1, 0.15) is 0 Å². The standard InChI is InChI=1S/C17H17NO4/c1-9-6-13-14(7-10(9)2)16(20)18(15(13)19)12-5-3-4-11(8-12)17(21)22/h3-5,8,13-14H,6-7H2,1-2H3,(H,21,22)/p-1/t13-,14-/m0/s1. The monoisotopic (exact) mass is 298 g/mol. The van der Waals surface area contributed by atoms with Crippen LogP contribution < -0.4 is 10.0 Å². The van der Waals surface area contributed by atoms with Gasteiger partial charge in [0.15, 0.2) is 0 Å². The molecule has 0 bridgehead atoms. The summed E-state index contributed by atoms with van der Waals surface area (Å²) in [4.78, 5) is 37.3. The molecule has 2 amide bonds. The van der Waals surface area contributed by atoms with E-state index < -0.39 is 5.97 Å². The number of hydrogen-bond acceptors (Lipinski definition) is 4. The van der Waals surface area contributed by atoms with E-state index in [1.807, 2.05) is 13.8 Å². The second kappa shape index (κ2) is 5.09. The lowest BCUT2D eigenvalue weighted by Crippen LogP contribution is -2.31. The van der Waals surface area contributed by atoms with E-state index in [0.717, 1.165) is 16.0 Å². The normalized spacial score (nSPS) is 24.7. The Hall–Kier alpha value is -2.43. The largest absolute Gasteiger partial charge is 0.545 e. The number of amides is 2. The minimum atomic E-state index is -1.33. The Kier molecular flexibility index (Phi) is 3.35. The maximum Gasteiger partial charge on any atom is 0.238 e. The second-order valence-electron chi connectivity index (χ2n) is 6.03. The van der Waals surface area contributed by atoms with E-state index in [4.69, 9.17) is 0 Å². The fraction of sp³-hybridized carbons (Fsp3) is 0.353. The Morgan fingerprint density at radius 2 is 1.64 bits per heavy atom. The number of anilines is 1. The van der Waals surface area contributed by atoms with E-state index in [1.165, 1.54) is 18.2 Å². The third kappa shape index (κ3) is 2.13. The molecule has 0 unspecified atom stereocenters. The molecule has 1 aromatic carbocycles. The minimum absolute atomic E-state index is 0.0431. The van der Waals surface area contributed by atoms with Crippen molar-refractivity contribution in [1.82, 2.24) is 0 Å². The van der Waals surface area contributed by atoms with Crippen LogP contribution in [0.4, 0.5) is 5.69 Å². The molecule has 0 aromatic heterocycles. The predicted molar refractivity (Wildman–Crippen MR) is 77.9 cm³/mol. The van der Waals surface area contributed by atoms with Gasteiger partial charge in [-0.2, -0.15) is 0 Å². The summed E-state index contributed by atoms with van der Waals surface area (Å²) in [6.45, 7) is 3.98. The van der Waals surface area contributed by atoms with Gasteiger partial charge in [-0.25, -0.2) is 0 Å². The quantitative estimate of drug-likeness (QED) is 0.609. The molecule has 0 radical (unpaired) electrons. The molecule has 1 aliphatic heterocycles. The predicted octanol–water partition coefficient (Wildman–Crippen LogP) is 1.29. The molecule has 0 spiro atoms. The Balaban J connectivity index is 1.97. The molecule has 0 N–H and O–H groups in total. The molecule has 22 heavy (non-hydrogen) atoms. The molecular formula is C17H16NO4-. The summed E-state index contributed by atoms with van der Waals surface area (Å²) in [7, 11) is 0. The van der Waals surface area contributed by atoms with E-state index in [0.29, 0.717) is 18.5 Å². The molecule has 3 rings (SSSR count). The molecule has 0 saturated carbocycles. The fourth-order valence-electron chi connectivity index (χ4n) is 3.28. The topological polar surface area (TPSA) is 77.5 Å². The van der Waals surface area contributed by atoms with Crippen molar-refractivity contribution in [3.05, 3.63) is 41.0 Å². The lowest BCUT2D eigenvalue weighted by Gasteiger charge is -2.23. The zero-order chi connectivity index (χ0) is 16.0. The van der Waals surface area contributed by atoms with Crippen molar-refractivity contribution in [3.63, 3.8) is 0 Å². The van der Waals surface area contributed by atoms with E-state index in [9.17, 15) is 19.5 Å². The Morgan fingerprint density at radius 1 is 1.09 bits per heavy atom. The maximum atomic E-state index is 12.6. The van der Waals surface area contributed by atoms with Crippen LogP contribution in [0.25, 0.3) is 0 Å². The maximum absolute atomic E-state index is 12.6. The molecule has 5 nitrogen and oxygen atoms in total. The smallest absolute Gasteiger partial charge is 0.238 e. The second-order valence-corrected chi connectivity index (χ2v) is 6.03. The molecule has 1 heterocycles. The highest BCUT2D eigenvalue weighted by atomic mass is 16.4. The van der Waals surface area contributed by atoms with Crippen LogP contribution in [0.5, 0.6) is 0 Å². The van der Waals surface area contributed by atoms with Gasteiger partial charge >= 0.3 is 0 Å². The van der Waals surface area contributed by atoms with Gasteiger partial charge < -0.3 is 9.90 Å². The highest BCUT2D eigenvalue weighted by molar-refractivity contribution is 6.22. The molecule has 1 aliphatic carbocycles. The number of carboxylic acids is 1. The van der Waals surface area contributed by atoms with Gasteiger partial charge in [0.05, 0.1) is 23.5 Å². The van der Waals surface area contributed by atoms with Crippen LogP contribution in [0.2, 0.25) is 0 Å². The SMILES string of the molecule is CC1=C(C)C[C@@H]2C(=O)N(c3cccc(C(=O)[O-])c3)C(=O)[C@H]2C1. The van der Waals surface area contributed by atoms with Crippen LogP contribution >= 0.6 is 0 Å². The number of nitrogens with zero attached hydrogens (tertiary/aromatic N) is 1. The molecular weight excluding hydrogens is 282 g/mol. The first kappa shape index (κ1) is 14.5. The third-order valence-corrected chi connectivity index (χ3v) is 4.68. The Bertz CT molecular complexity index is 687. The van der Waals surface area contributed by atoms with Crippen molar-refractivity contribution in [2.45, 2.75) is 26.7 Å². The van der Waals surface area contributed by atoms with Gasteiger partial charge in [0.2, 0.25) is 11.8 Å². The van der Waals surface area contributed by atoms with Crippen LogP contribution in [0, 0.1) is 11.8 Å². The molecule has 1 fully saturated rings. The first-order valence-corrected chi connectivity index (χ1v) is 7.24. The van der Waals surface area contributed by atoms with Gasteiger partial charge in [0, 0.05) is 0 Å². The first-order valence-electron chi connectivity index (χ1n) is 7.24. The minimum Gasteiger partial charge on any atom is -0.545 e. The highest BCUT2D eigenvalue weighted by Crippen LogP contribution is 2.42. The molecule has 5 heteroatoms. The molecule has 2 atom stereocenters. The lowest BCUT2D eigenvalue weighted by atomic mass is 9.78. The number of carbonyl (C=O) groups excluding carboxylic acids is 3. The van der Waals surface area contributed by atoms with Crippen molar-refractivity contribution in [1.29, 1.82) is 0 Å². The zero-order valence-electron chi connectivity index (χ0n) is 12.5. The summed E-state index contributed by atoms with van der Waals surface area (Å²) in [5, 5.41) is 11.0. The molecule has 114 valence electrons. The summed E-state index contributed by atoms with van der Waals surface area (Å²) in [6.07, 6.45) is 1.19. The van der Waals surface area contributed by atoms with Crippen molar-refractivity contribution < 1.29 is 19.5 Å². The fourth-order valence-corrected chi connectivity index (χ4v) is 3.28. The van der Waals surface area contributed by atoms with Gasteiger partial charge in [-0.1, -0.05) is 23.3 Å². The number of hydrogen-bond donors (Lipinski definition) is 0. The van der Waals surface area contributed by atoms with Crippen molar-refractivity contribution in [2.24, 2.45) is 11.8 Å². The van der Waals surface area contributed by atoms with E-state index in [2.05, 4.69) is 0 Å². The number of allylic oxidation sites excluding steroid dienone is 2. The van der Waals surface area contributed by atoms with Gasteiger partial charge in [0.25, 0.3) is 0 Å². The summed E-state index contributed by atoms with van der Waals surface area (Å²) in [5.41, 5.74) is 2.58. The molecule has 1 saturated heterocycles. The number of imide groups is 1. The number of rotatable bonds is 2. The van der Waals surface area contributed by atoms with Crippen LogP contribution in [0.15, 0.2) is 35.4 Å². The summed E-state index contributed by atoms with van der Waals surface area (Å²) in [6, 6.07) is 5.78. The van der Waals surface area contributed by atoms with Crippen LogP contribution in [-0.2, 0) is 9.59 Å². The van der Waals surface area contributed by atoms with Crippen molar-refractivity contribution in [3.8, 4) is 0 Å². The van der Waals surface area contributed by atoms with Crippen LogP contribution in [0.1, 0.15) is 37.0 Å². The number of fused-ring (bicyclic) bond motifs is 1. The van der Waals surface area contributed by atoms with Crippen LogP contribution in [0.3, 0.4) is 0 Å². The number of benzene rings is 1. The Morgan fingerprint density at radius 3 is 2.14 bits per heavy atom. The van der Waals surface area contributed by atoms with E-state index >= 15 is 0 Å². The summed E-state index contributed by atoms with van der Waals surface area (Å²) >= 11 is 0. The van der Waals surface area contributed by atoms with E-state index in [-0.39, 0.29) is 29.2 Å². The summed E-state index contributed by atoms with van der Waals surface area (Å²) < 4.78 is 0.